The molecule has 4 nitrogen and oxygen atoms in total. The predicted molar refractivity (Wildman–Crippen MR) is 130 cm³/mol. The molecule has 0 atom stereocenters. The number of rotatable bonds is 8. The number of hydrogen-bond donors (Lipinski definition) is 1. The molecule has 0 saturated carbocycles. The number of aromatic nitrogens is 2. The van der Waals surface area contributed by atoms with Crippen LogP contribution in [-0.2, 0) is 13.1 Å². The lowest BCUT2D eigenvalue weighted by Crippen LogP contribution is -2.36. The van der Waals surface area contributed by atoms with E-state index >= 15 is 0 Å². The molecule has 0 amide bonds. The number of nitrogens with one attached hydrogen (secondary N) is 1. The highest BCUT2D eigenvalue weighted by Gasteiger charge is 2.16. The minimum absolute atomic E-state index is 0.412. The topological polar surface area (TPSA) is 33.1 Å². The third-order valence-corrected chi connectivity index (χ3v) is 5.88. The summed E-state index contributed by atoms with van der Waals surface area (Å²) in [7, 11) is 0. The molecule has 1 N–H and O–H groups in total. The predicted octanol–water partition coefficient (Wildman–Crippen LogP) is 6.26. The quantitative estimate of drug-likeness (QED) is 0.419. The van der Waals surface area contributed by atoms with Gasteiger partial charge in [-0.15, -0.1) is 0 Å². The maximum atomic E-state index is 6.43. The van der Waals surface area contributed by atoms with E-state index in [1.165, 1.54) is 11.1 Å². The van der Waals surface area contributed by atoms with Gasteiger partial charge < -0.3 is 14.8 Å². The molecule has 6 heteroatoms. The Kier molecular flexibility index (Phi) is 7.88. The highest BCUT2D eigenvalue weighted by Crippen LogP contribution is 2.28. The van der Waals surface area contributed by atoms with Crippen molar-refractivity contribution in [1.29, 1.82) is 0 Å². The summed E-state index contributed by atoms with van der Waals surface area (Å²) in [5.41, 5.74) is 4.72. The summed E-state index contributed by atoms with van der Waals surface area (Å²) < 4.78 is 2.08. The van der Waals surface area contributed by atoms with Crippen molar-refractivity contribution in [3.63, 3.8) is 0 Å². The Bertz CT molecular complexity index is 969. The molecule has 1 aromatic heterocycles. The number of aryl methyl sites for hydroxylation is 2. The van der Waals surface area contributed by atoms with Gasteiger partial charge in [-0.05, 0) is 60.3 Å². The van der Waals surface area contributed by atoms with Gasteiger partial charge in [-0.2, -0.15) is 0 Å². The number of thiocarbonyl (C=S) groups is 1. The molecule has 0 spiro atoms. The summed E-state index contributed by atoms with van der Waals surface area (Å²) in [5.74, 6) is 0.412. The number of imidazole rings is 1. The molecular weight excluding hydrogens is 412 g/mol. The Morgan fingerprint density at radius 3 is 2.70 bits per heavy atom. The first kappa shape index (κ1) is 22.3. The fraction of sp³-hybridized carbons (Fsp3) is 0.333. The number of nitrogens with zero attached hydrogens (tertiary/aromatic N) is 3. The first-order valence-corrected chi connectivity index (χ1v) is 11.1. The van der Waals surface area contributed by atoms with E-state index in [0.717, 1.165) is 35.8 Å². The van der Waals surface area contributed by atoms with Crippen molar-refractivity contribution < 1.29 is 0 Å². The van der Waals surface area contributed by atoms with Crippen LogP contribution in [0.15, 0.2) is 61.2 Å². The monoisotopic (exact) mass is 440 g/mol. The second kappa shape index (κ2) is 10.6. The number of benzene rings is 2. The average molecular weight is 441 g/mol. The standard InChI is InChI=1S/C24H29ClN4S/c1-18(2)23-19(3)8-6-11-22(23)27-24(30)29(14-7-13-28-15-12-26-17-28)16-20-9-4-5-10-21(20)25/h4-6,8-12,15,17-18H,7,13-14,16H2,1-3H3,(H,27,30). The van der Waals surface area contributed by atoms with Crippen LogP contribution in [0.25, 0.3) is 0 Å². The van der Waals surface area contributed by atoms with Gasteiger partial charge in [-0.1, -0.05) is 55.8 Å². The largest absolute Gasteiger partial charge is 0.345 e. The van der Waals surface area contributed by atoms with Crippen molar-refractivity contribution in [2.24, 2.45) is 0 Å². The summed E-state index contributed by atoms with van der Waals surface area (Å²) in [6.07, 6.45) is 6.58. The van der Waals surface area contributed by atoms with Gasteiger partial charge in [0, 0.05) is 42.7 Å². The fourth-order valence-electron chi connectivity index (χ4n) is 3.70. The molecule has 3 rings (SSSR count). The van der Waals surface area contributed by atoms with Crippen LogP contribution in [0.3, 0.4) is 0 Å². The Balaban J connectivity index is 1.77. The van der Waals surface area contributed by atoms with E-state index in [4.69, 9.17) is 23.8 Å². The zero-order chi connectivity index (χ0) is 21.5. The van der Waals surface area contributed by atoms with E-state index in [0.29, 0.717) is 17.6 Å². The normalized spacial score (nSPS) is 11.0. The van der Waals surface area contributed by atoms with Gasteiger partial charge >= 0.3 is 0 Å². The van der Waals surface area contributed by atoms with Crippen molar-refractivity contribution in [3.8, 4) is 0 Å². The van der Waals surface area contributed by atoms with Crippen LogP contribution in [-0.4, -0.2) is 26.1 Å². The Hall–Kier alpha value is -2.37. The van der Waals surface area contributed by atoms with Crippen molar-refractivity contribution in [2.45, 2.75) is 46.2 Å². The lowest BCUT2D eigenvalue weighted by Gasteiger charge is -2.28. The zero-order valence-electron chi connectivity index (χ0n) is 17.8. The Morgan fingerprint density at radius 1 is 1.20 bits per heavy atom. The fourth-order valence-corrected chi connectivity index (χ4v) is 4.16. The minimum Gasteiger partial charge on any atom is -0.345 e. The summed E-state index contributed by atoms with van der Waals surface area (Å²) in [6.45, 7) is 8.95. The highest BCUT2D eigenvalue weighted by atomic mass is 35.5. The van der Waals surface area contributed by atoms with Gasteiger partial charge in [-0.25, -0.2) is 4.98 Å². The summed E-state index contributed by atoms with van der Waals surface area (Å²) >= 11 is 12.3. The molecule has 30 heavy (non-hydrogen) atoms. The second-order valence-electron chi connectivity index (χ2n) is 7.79. The Labute approximate surface area is 189 Å². The molecule has 3 aromatic rings. The number of anilines is 1. The molecule has 0 bridgehead atoms. The molecular formula is C24H29ClN4S. The maximum Gasteiger partial charge on any atom is 0.173 e. The molecule has 1 heterocycles. The van der Waals surface area contributed by atoms with Gasteiger partial charge in [0.25, 0.3) is 0 Å². The minimum atomic E-state index is 0.412. The van der Waals surface area contributed by atoms with Crippen LogP contribution < -0.4 is 5.32 Å². The van der Waals surface area contributed by atoms with E-state index in [1.807, 2.05) is 30.7 Å². The summed E-state index contributed by atoms with van der Waals surface area (Å²) in [4.78, 5) is 6.31. The third kappa shape index (κ3) is 5.83. The van der Waals surface area contributed by atoms with Crippen molar-refractivity contribution in [1.82, 2.24) is 14.5 Å². The van der Waals surface area contributed by atoms with Crippen LogP contribution in [0.4, 0.5) is 5.69 Å². The van der Waals surface area contributed by atoms with E-state index in [-0.39, 0.29) is 0 Å². The molecule has 0 aliphatic rings. The number of halogens is 1. The van der Waals surface area contributed by atoms with Gasteiger partial charge in [0.15, 0.2) is 5.11 Å². The highest BCUT2D eigenvalue weighted by molar-refractivity contribution is 7.80. The molecule has 0 saturated heterocycles. The third-order valence-electron chi connectivity index (χ3n) is 5.15. The van der Waals surface area contributed by atoms with Crippen molar-refractivity contribution in [3.05, 3.63) is 82.9 Å². The molecule has 158 valence electrons. The first-order chi connectivity index (χ1) is 14.5. The van der Waals surface area contributed by atoms with Crippen LogP contribution in [0.1, 0.15) is 42.9 Å². The Morgan fingerprint density at radius 2 is 2.00 bits per heavy atom. The van der Waals surface area contributed by atoms with Gasteiger partial charge in [0.1, 0.15) is 0 Å². The molecule has 0 aliphatic carbocycles. The molecule has 2 aromatic carbocycles. The lowest BCUT2D eigenvalue weighted by molar-refractivity contribution is 0.396. The van der Waals surface area contributed by atoms with Gasteiger partial charge in [0.2, 0.25) is 0 Å². The van der Waals surface area contributed by atoms with Crippen LogP contribution in [0, 0.1) is 6.92 Å². The number of hydrogen-bond acceptors (Lipinski definition) is 2. The van der Waals surface area contributed by atoms with E-state index in [9.17, 15) is 0 Å². The van der Waals surface area contributed by atoms with Gasteiger partial charge in [0.05, 0.1) is 6.33 Å². The van der Waals surface area contributed by atoms with Crippen LogP contribution >= 0.6 is 23.8 Å². The molecule has 0 fully saturated rings. The zero-order valence-corrected chi connectivity index (χ0v) is 19.4. The van der Waals surface area contributed by atoms with E-state index in [1.54, 1.807) is 6.20 Å². The first-order valence-electron chi connectivity index (χ1n) is 10.3. The maximum absolute atomic E-state index is 6.43. The second-order valence-corrected chi connectivity index (χ2v) is 8.58. The van der Waals surface area contributed by atoms with Crippen molar-refractivity contribution in [2.75, 3.05) is 11.9 Å². The van der Waals surface area contributed by atoms with Crippen LogP contribution in [0.2, 0.25) is 5.02 Å². The van der Waals surface area contributed by atoms with Crippen molar-refractivity contribution >= 4 is 34.6 Å². The smallest absolute Gasteiger partial charge is 0.173 e. The summed E-state index contributed by atoms with van der Waals surface area (Å²) in [5, 5.41) is 4.99. The SMILES string of the molecule is Cc1cccc(NC(=S)N(CCCn2ccnc2)Cc2ccccc2Cl)c1C(C)C. The molecule has 0 radical (unpaired) electrons. The van der Waals surface area contributed by atoms with Crippen LogP contribution in [0.5, 0.6) is 0 Å². The lowest BCUT2D eigenvalue weighted by atomic mass is 9.96. The average Bonchev–Trinajstić information content (AvgIpc) is 3.22. The molecule has 0 aliphatic heterocycles. The van der Waals surface area contributed by atoms with Gasteiger partial charge in [-0.3, -0.25) is 0 Å². The van der Waals surface area contributed by atoms with E-state index in [2.05, 4.69) is 64.8 Å². The van der Waals surface area contributed by atoms with E-state index < -0.39 is 0 Å². The summed E-state index contributed by atoms with van der Waals surface area (Å²) in [6, 6.07) is 14.3. The molecule has 0 unspecified atom stereocenters.